The Morgan fingerprint density at radius 1 is 1.58 bits per heavy atom. The van der Waals surface area contributed by atoms with Crippen molar-refractivity contribution in [3.05, 3.63) is 27.2 Å². The number of rotatable bonds is 2. The Bertz CT molecular complexity index is 317. The highest BCUT2D eigenvalue weighted by Crippen LogP contribution is 2.31. The van der Waals surface area contributed by atoms with Crippen LogP contribution in [0.1, 0.15) is 10.4 Å². The highest BCUT2D eigenvalue weighted by molar-refractivity contribution is 9.10. The summed E-state index contributed by atoms with van der Waals surface area (Å²) in [6.45, 7) is 0. The van der Waals surface area contributed by atoms with Crippen molar-refractivity contribution in [2.45, 2.75) is 0 Å². The number of carbonyl (C=O) groups excluding carboxylic acids is 1. The fourth-order valence-corrected chi connectivity index (χ4v) is 1.61. The van der Waals surface area contributed by atoms with Crippen LogP contribution in [0, 0.1) is 0 Å². The summed E-state index contributed by atoms with van der Waals surface area (Å²) >= 11 is 8.66. The van der Waals surface area contributed by atoms with Gasteiger partial charge in [-0.2, -0.15) is 0 Å². The monoisotopic (exact) mass is 252 g/mol. The van der Waals surface area contributed by atoms with E-state index in [1.807, 2.05) is 0 Å². The summed E-state index contributed by atoms with van der Waals surface area (Å²) in [7, 11) is 0. The number of carbonyl (C=O) groups is 1. The SMILES string of the molecule is O=Cc1cc(Br)cc(Cl)c1OF. The molecule has 0 aliphatic heterocycles. The molecule has 1 rings (SSSR count). The summed E-state index contributed by atoms with van der Waals surface area (Å²) in [6, 6.07) is 2.84. The van der Waals surface area contributed by atoms with Crippen molar-refractivity contribution in [1.29, 1.82) is 0 Å². The van der Waals surface area contributed by atoms with Gasteiger partial charge in [-0.25, -0.2) is 0 Å². The smallest absolute Gasteiger partial charge is 0.200 e. The van der Waals surface area contributed by atoms with E-state index in [-0.39, 0.29) is 16.3 Å². The lowest BCUT2D eigenvalue weighted by atomic mass is 10.2. The van der Waals surface area contributed by atoms with Crippen molar-refractivity contribution >= 4 is 33.8 Å². The molecule has 0 bridgehead atoms. The molecular weight excluding hydrogens is 250 g/mol. The van der Waals surface area contributed by atoms with Gasteiger partial charge < -0.3 is 0 Å². The minimum atomic E-state index is -0.255. The predicted octanol–water partition coefficient (Wildman–Crippen LogP) is 3.18. The standard InChI is InChI=1S/C7H3BrClFO2/c8-5-1-4(3-11)7(12-10)6(9)2-5/h1-3H. The van der Waals surface area contributed by atoms with Crippen molar-refractivity contribution in [2.24, 2.45) is 0 Å². The molecule has 0 atom stereocenters. The van der Waals surface area contributed by atoms with E-state index in [4.69, 9.17) is 11.6 Å². The molecule has 0 heterocycles. The van der Waals surface area contributed by atoms with Crippen LogP contribution in [0.15, 0.2) is 16.6 Å². The number of benzene rings is 1. The average molecular weight is 253 g/mol. The van der Waals surface area contributed by atoms with Crippen molar-refractivity contribution in [2.75, 3.05) is 0 Å². The van der Waals surface area contributed by atoms with Gasteiger partial charge in [0.1, 0.15) is 0 Å². The molecule has 0 aliphatic carbocycles. The van der Waals surface area contributed by atoms with Gasteiger partial charge in [0, 0.05) is 9.00 Å². The lowest BCUT2D eigenvalue weighted by molar-refractivity contribution is -0.00672. The van der Waals surface area contributed by atoms with E-state index in [0.717, 1.165) is 0 Å². The molecule has 64 valence electrons. The van der Waals surface area contributed by atoms with Gasteiger partial charge >= 0.3 is 0 Å². The molecule has 1 aromatic carbocycles. The van der Waals surface area contributed by atoms with Crippen molar-refractivity contribution in [3.8, 4) is 5.75 Å². The summed E-state index contributed by atoms with van der Waals surface area (Å²) in [4.78, 5) is 13.8. The summed E-state index contributed by atoms with van der Waals surface area (Å²) in [5.41, 5.74) is 0.0666. The van der Waals surface area contributed by atoms with Crippen LogP contribution in [-0.2, 0) is 0 Å². The minimum Gasteiger partial charge on any atom is -0.298 e. The zero-order chi connectivity index (χ0) is 9.14. The van der Waals surface area contributed by atoms with E-state index in [2.05, 4.69) is 20.9 Å². The highest BCUT2D eigenvalue weighted by Gasteiger charge is 2.10. The van der Waals surface area contributed by atoms with Gasteiger partial charge in [0.05, 0.1) is 10.6 Å². The molecule has 12 heavy (non-hydrogen) atoms. The molecule has 0 spiro atoms. The van der Waals surface area contributed by atoms with Crippen LogP contribution in [0.4, 0.5) is 4.53 Å². The van der Waals surface area contributed by atoms with Gasteiger partial charge in [0.15, 0.2) is 6.29 Å². The normalized spacial score (nSPS) is 9.58. The molecule has 0 saturated heterocycles. The third-order valence-electron chi connectivity index (χ3n) is 1.24. The molecular formula is C7H3BrClFO2. The van der Waals surface area contributed by atoms with Gasteiger partial charge in [-0.05, 0) is 12.1 Å². The van der Waals surface area contributed by atoms with Crippen molar-refractivity contribution in [3.63, 3.8) is 0 Å². The van der Waals surface area contributed by atoms with Gasteiger partial charge in [-0.15, -0.1) is 0 Å². The van der Waals surface area contributed by atoms with Crippen LogP contribution in [0.25, 0.3) is 0 Å². The maximum Gasteiger partial charge on any atom is 0.200 e. The zero-order valence-electron chi connectivity index (χ0n) is 5.68. The summed E-state index contributed by atoms with van der Waals surface area (Å²) < 4.78 is 12.4. The van der Waals surface area contributed by atoms with Crippen LogP contribution in [0.5, 0.6) is 5.75 Å². The van der Waals surface area contributed by atoms with Gasteiger partial charge in [-0.3, -0.25) is 9.74 Å². The second-order valence-electron chi connectivity index (χ2n) is 2.00. The van der Waals surface area contributed by atoms with Crippen LogP contribution in [0.3, 0.4) is 0 Å². The van der Waals surface area contributed by atoms with Crippen LogP contribution in [-0.4, -0.2) is 6.29 Å². The molecule has 0 amide bonds. The predicted molar refractivity (Wildman–Crippen MR) is 46.3 cm³/mol. The fourth-order valence-electron chi connectivity index (χ4n) is 0.749. The number of halogens is 3. The quantitative estimate of drug-likeness (QED) is 0.757. The topological polar surface area (TPSA) is 26.3 Å². The number of hydrogen-bond acceptors (Lipinski definition) is 2. The van der Waals surface area contributed by atoms with E-state index in [0.29, 0.717) is 10.8 Å². The Balaban J connectivity index is 3.33. The first kappa shape index (κ1) is 9.48. The Morgan fingerprint density at radius 3 is 2.75 bits per heavy atom. The second kappa shape index (κ2) is 3.87. The maximum atomic E-state index is 11.8. The molecule has 0 aromatic heterocycles. The molecule has 0 radical (unpaired) electrons. The third-order valence-corrected chi connectivity index (χ3v) is 1.98. The van der Waals surface area contributed by atoms with Gasteiger partial charge in [0.25, 0.3) is 0 Å². The maximum absolute atomic E-state index is 11.8. The molecule has 2 nitrogen and oxygen atoms in total. The van der Waals surface area contributed by atoms with E-state index in [1.165, 1.54) is 12.1 Å². The molecule has 0 aliphatic rings. The Labute approximate surface area is 81.3 Å². The molecule has 1 aromatic rings. The van der Waals surface area contributed by atoms with Crippen LogP contribution >= 0.6 is 27.5 Å². The van der Waals surface area contributed by atoms with E-state index < -0.39 is 0 Å². The van der Waals surface area contributed by atoms with Crippen molar-refractivity contribution in [1.82, 2.24) is 0 Å². The summed E-state index contributed by atoms with van der Waals surface area (Å²) in [5, 5.41) is 0.0500. The minimum absolute atomic E-state index is 0.0500. The first-order valence-corrected chi connectivity index (χ1v) is 4.09. The molecule has 0 N–H and O–H groups in total. The summed E-state index contributed by atoms with van der Waals surface area (Å²) in [6.07, 6.45) is 0.464. The number of hydrogen-bond donors (Lipinski definition) is 0. The van der Waals surface area contributed by atoms with Gasteiger partial charge in [-0.1, -0.05) is 27.5 Å². The van der Waals surface area contributed by atoms with E-state index >= 15 is 0 Å². The molecule has 0 fully saturated rings. The van der Waals surface area contributed by atoms with Crippen molar-refractivity contribution < 1.29 is 14.3 Å². The van der Waals surface area contributed by atoms with Crippen LogP contribution in [0.2, 0.25) is 5.02 Å². The first-order valence-electron chi connectivity index (χ1n) is 2.92. The largest absolute Gasteiger partial charge is 0.298 e. The van der Waals surface area contributed by atoms with E-state index in [9.17, 15) is 9.32 Å². The first-order chi connectivity index (χ1) is 5.69. The van der Waals surface area contributed by atoms with Gasteiger partial charge in [0.2, 0.25) is 5.75 Å². The van der Waals surface area contributed by atoms with Crippen LogP contribution < -0.4 is 4.94 Å². The lowest BCUT2D eigenvalue weighted by Crippen LogP contribution is -1.88. The number of aldehydes is 1. The molecule has 5 heteroatoms. The third kappa shape index (κ3) is 1.76. The Morgan fingerprint density at radius 2 is 2.25 bits per heavy atom. The average Bonchev–Trinajstić information content (AvgIpc) is 2.03. The second-order valence-corrected chi connectivity index (χ2v) is 3.32. The highest BCUT2D eigenvalue weighted by atomic mass is 79.9. The lowest BCUT2D eigenvalue weighted by Gasteiger charge is -2.01. The molecule has 0 unspecified atom stereocenters. The zero-order valence-corrected chi connectivity index (χ0v) is 8.02. The fraction of sp³-hybridized carbons (Fsp3) is 0. The molecule has 0 saturated carbocycles. The van der Waals surface area contributed by atoms with E-state index in [1.54, 1.807) is 0 Å². The Hall–Kier alpha value is -0.610. The summed E-state index contributed by atoms with van der Waals surface area (Å²) in [5.74, 6) is -0.255. The Kier molecular flexibility index (Phi) is 3.05.